The highest BCUT2D eigenvalue weighted by atomic mass is 79.9. The summed E-state index contributed by atoms with van der Waals surface area (Å²) < 4.78 is 3.20. The summed E-state index contributed by atoms with van der Waals surface area (Å²) in [4.78, 5) is 0. The van der Waals surface area contributed by atoms with Gasteiger partial charge >= 0.3 is 0 Å². The van der Waals surface area contributed by atoms with Gasteiger partial charge in [0, 0.05) is 9.88 Å². The molecule has 0 N–H and O–H groups in total. The van der Waals surface area contributed by atoms with E-state index >= 15 is 0 Å². The van der Waals surface area contributed by atoms with Crippen LogP contribution in [-0.4, -0.2) is 14.9 Å². The van der Waals surface area contributed by atoms with Gasteiger partial charge in [0.15, 0.2) is 5.82 Å². The standard InChI is InChI=1S/C12H9BrN4S2/c1-7-14-15-12-16(7)17-10(19-12)6-18-11(17)8-3-2-4-9(13)5-8/h2-6,11H,1H3. The lowest BCUT2D eigenvalue weighted by Gasteiger charge is -2.25. The predicted molar refractivity (Wildman–Crippen MR) is 81.4 cm³/mol. The van der Waals surface area contributed by atoms with Gasteiger partial charge in [-0.1, -0.05) is 39.8 Å². The summed E-state index contributed by atoms with van der Waals surface area (Å²) in [6.45, 7) is 1.99. The highest BCUT2D eigenvalue weighted by Crippen LogP contribution is 2.51. The van der Waals surface area contributed by atoms with E-state index in [0.29, 0.717) is 0 Å². The molecule has 4 rings (SSSR count). The van der Waals surface area contributed by atoms with Crippen molar-refractivity contribution < 1.29 is 0 Å². The Balaban J connectivity index is 1.80. The van der Waals surface area contributed by atoms with Gasteiger partial charge in [-0.25, -0.2) is 4.68 Å². The second kappa shape index (κ2) is 4.29. The lowest BCUT2D eigenvalue weighted by Crippen LogP contribution is -2.30. The topological polar surface area (TPSA) is 34.0 Å². The van der Waals surface area contributed by atoms with Crippen LogP contribution in [0, 0.1) is 6.92 Å². The monoisotopic (exact) mass is 352 g/mol. The maximum Gasteiger partial charge on any atom is 0.216 e. The van der Waals surface area contributed by atoms with Crippen molar-refractivity contribution in [3.63, 3.8) is 0 Å². The normalized spacial score (nSPS) is 20.4. The summed E-state index contributed by atoms with van der Waals surface area (Å²) in [6, 6.07) is 8.44. The van der Waals surface area contributed by atoms with Crippen molar-refractivity contribution in [2.45, 2.75) is 17.5 Å². The Hall–Kier alpha value is -0.920. The Morgan fingerprint density at radius 2 is 2.21 bits per heavy atom. The third-order valence-corrected chi connectivity index (χ3v) is 5.74. The van der Waals surface area contributed by atoms with E-state index in [1.165, 1.54) is 10.6 Å². The first kappa shape index (κ1) is 11.9. The third-order valence-electron chi connectivity index (χ3n) is 3.06. The van der Waals surface area contributed by atoms with Gasteiger partial charge < -0.3 is 0 Å². The van der Waals surface area contributed by atoms with Gasteiger partial charge in [0.2, 0.25) is 5.16 Å². The Bertz CT molecular complexity index is 697. The molecule has 4 nitrogen and oxygen atoms in total. The minimum absolute atomic E-state index is 0.246. The molecule has 1 atom stereocenters. The fourth-order valence-corrected chi connectivity index (χ4v) is 4.93. The Morgan fingerprint density at radius 3 is 3.05 bits per heavy atom. The van der Waals surface area contributed by atoms with Gasteiger partial charge in [-0.3, -0.25) is 5.01 Å². The number of hydrogen-bond acceptors (Lipinski definition) is 5. The van der Waals surface area contributed by atoms with Crippen molar-refractivity contribution in [1.82, 2.24) is 14.9 Å². The highest BCUT2D eigenvalue weighted by Gasteiger charge is 2.38. The SMILES string of the molecule is Cc1nnc2n1N1C(=CSC1c1cccc(Br)c1)S2. The molecule has 19 heavy (non-hydrogen) atoms. The number of aromatic nitrogens is 3. The van der Waals surface area contributed by atoms with E-state index in [2.05, 4.69) is 59.4 Å². The van der Waals surface area contributed by atoms with E-state index in [1.54, 1.807) is 11.8 Å². The minimum Gasteiger partial charge on any atom is -0.252 e. The van der Waals surface area contributed by atoms with Crippen molar-refractivity contribution in [1.29, 1.82) is 0 Å². The molecule has 2 aromatic rings. The lowest BCUT2D eigenvalue weighted by atomic mass is 10.2. The number of hydrogen-bond donors (Lipinski definition) is 0. The number of aryl methyl sites for hydroxylation is 1. The molecule has 0 amide bonds. The van der Waals surface area contributed by atoms with Crippen LogP contribution in [-0.2, 0) is 0 Å². The largest absolute Gasteiger partial charge is 0.252 e. The van der Waals surface area contributed by atoms with Gasteiger partial charge in [0.05, 0.1) is 0 Å². The molecular weight excluding hydrogens is 344 g/mol. The third kappa shape index (κ3) is 1.75. The summed E-state index contributed by atoms with van der Waals surface area (Å²) >= 11 is 7.03. The smallest absolute Gasteiger partial charge is 0.216 e. The van der Waals surface area contributed by atoms with Crippen molar-refractivity contribution in [2.75, 3.05) is 5.01 Å². The molecule has 7 heteroatoms. The fourth-order valence-electron chi connectivity index (χ4n) is 2.25. The van der Waals surface area contributed by atoms with Gasteiger partial charge in [-0.05, 0) is 36.4 Å². The summed E-state index contributed by atoms with van der Waals surface area (Å²) in [5.41, 5.74) is 1.27. The first-order valence-electron chi connectivity index (χ1n) is 5.74. The quantitative estimate of drug-likeness (QED) is 0.782. The van der Waals surface area contributed by atoms with Crippen molar-refractivity contribution >= 4 is 39.5 Å². The van der Waals surface area contributed by atoms with Crippen LogP contribution < -0.4 is 5.01 Å². The van der Waals surface area contributed by atoms with Gasteiger partial charge in [0.25, 0.3) is 0 Å². The molecule has 1 aromatic carbocycles. The maximum absolute atomic E-state index is 4.20. The average Bonchev–Trinajstić information content (AvgIpc) is 3.01. The van der Waals surface area contributed by atoms with Gasteiger partial charge in [-0.2, -0.15) is 0 Å². The summed E-state index contributed by atoms with van der Waals surface area (Å²) in [5, 5.41) is 15.2. The number of benzene rings is 1. The average molecular weight is 353 g/mol. The Morgan fingerprint density at radius 1 is 1.32 bits per heavy atom. The second-order valence-electron chi connectivity index (χ2n) is 4.29. The van der Waals surface area contributed by atoms with Crippen LogP contribution in [0.25, 0.3) is 0 Å². The van der Waals surface area contributed by atoms with Crippen LogP contribution in [0.5, 0.6) is 0 Å². The first-order chi connectivity index (χ1) is 9.24. The second-order valence-corrected chi connectivity index (χ2v) is 7.15. The number of thioether (sulfide) groups is 2. The van der Waals surface area contributed by atoms with E-state index in [4.69, 9.17) is 0 Å². The van der Waals surface area contributed by atoms with Crippen LogP contribution in [0.15, 0.2) is 44.3 Å². The molecule has 1 aromatic heterocycles. The van der Waals surface area contributed by atoms with Crippen molar-refractivity contribution in [2.24, 2.45) is 0 Å². The summed E-state index contributed by atoms with van der Waals surface area (Å²) in [5.74, 6) is 0.924. The van der Waals surface area contributed by atoms with Gasteiger partial charge in [-0.15, -0.1) is 10.2 Å². The zero-order valence-electron chi connectivity index (χ0n) is 9.95. The number of halogens is 1. The Kier molecular flexibility index (Phi) is 2.68. The van der Waals surface area contributed by atoms with E-state index in [0.717, 1.165) is 15.5 Å². The zero-order valence-corrected chi connectivity index (χ0v) is 13.2. The van der Waals surface area contributed by atoms with E-state index in [1.807, 2.05) is 24.8 Å². The number of fused-ring (bicyclic) bond motifs is 3. The lowest BCUT2D eigenvalue weighted by molar-refractivity contribution is 0.618. The summed E-state index contributed by atoms with van der Waals surface area (Å²) in [7, 11) is 0. The minimum atomic E-state index is 0.246. The first-order valence-corrected chi connectivity index (χ1v) is 8.30. The van der Waals surface area contributed by atoms with E-state index in [-0.39, 0.29) is 5.37 Å². The molecule has 0 radical (unpaired) electrons. The number of rotatable bonds is 1. The molecule has 3 heterocycles. The molecule has 0 fully saturated rings. The van der Waals surface area contributed by atoms with Crippen molar-refractivity contribution in [3.05, 3.63) is 50.6 Å². The molecular formula is C12H9BrN4S2. The maximum atomic E-state index is 4.20. The van der Waals surface area contributed by atoms with Gasteiger partial charge in [0.1, 0.15) is 10.4 Å². The van der Waals surface area contributed by atoms with E-state index < -0.39 is 0 Å². The molecule has 2 aliphatic rings. The molecule has 96 valence electrons. The van der Waals surface area contributed by atoms with Crippen LogP contribution in [0.1, 0.15) is 16.8 Å². The van der Waals surface area contributed by atoms with E-state index in [9.17, 15) is 0 Å². The molecule has 0 saturated heterocycles. The summed E-state index contributed by atoms with van der Waals surface area (Å²) in [6.07, 6.45) is 0. The molecule has 0 saturated carbocycles. The molecule has 0 bridgehead atoms. The fraction of sp³-hybridized carbons (Fsp3) is 0.167. The van der Waals surface area contributed by atoms with Crippen molar-refractivity contribution in [3.8, 4) is 0 Å². The Labute approximate surface area is 127 Å². The molecule has 1 unspecified atom stereocenters. The molecule has 0 spiro atoms. The van der Waals surface area contributed by atoms with Crippen LogP contribution >= 0.6 is 39.5 Å². The molecule has 0 aliphatic carbocycles. The predicted octanol–water partition coefficient (Wildman–Crippen LogP) is 3.64. The van der Waals surface area contributed by atoms with Crippen LogP contribution in [0.3, 0.4) is 0 Å². The number of nitrogens with zero attached hydrogens (tertiary/aromatic N) is 4. The van der Waals surface area contributed by atoms with Crippen LogP contribution in [0.4, 0.5) is 0 Å². The molecule has 2 aliphatic heterocycles. The highest BCUT2D eigenvalue weighted by molar-refractivity contribution is 9.10. The van der Waals surface area contributed by atoms with Crippen LogP contribution in [0.2, 0.25) is 0 Å². The zero-order chi connectivity index (χ0) is 13.0.